The van der Waals surface area contributed by atoms with Crippen LogP contribution >= 0.6 is 0 Å². The molecule has 48 valence electrons. The van der Waals surface area contributed by atoms with Crippen molar-refractivity contribution in [2.75, 3.05) is 0 Å². The molecule has 0 aromatic carbocycles. The summed E-state index contributed by atoms with van der Waals surface area (Å²) in [6, 6.07) is 0. The van der Waals surface area contributed by atoms with E-state index in [0.717, 1.165) is 0 Å². The van der Waals surface area contributed by atoms with E-state index in [-0.39, 0.29) is 42.5 Å². The molecule has 0 aliphatic carbocycles. The first-order valence-corrected chi connectivity index (χ1v) is 3.67. The van der Waals surface area contributed by atoms with E-state index in [2.05, 4.69) is 0 Å². The second-order valence-electron chi connectivity index (χ2n) is 0.500. The van der Waals surface area contributed by atoms with E-state index in [9.17, 15) is 0 Å². The Morgan fingerprint density at radius 1 is 0.800 bits per heavy atom. The maximum Gasteiger partial charge on any atom is 2.00 e. The Morgan fingerprint density at radius 2 is 0.800 bits per heavy atom. The summed E-state index contributed by atoms with van der Waals surface area (Å²) in [5, 5.41) is 0. The summed E-state index contributed by atoms with van der Waals surface area (Å²) in [6.45, 7) is 0. The fourth-order valence-electron chi connectivity index (χ4n) is 0. The second kappa shape index (κ2) is 16.3. The first-order chi connectivity index (χ1) is 3.46. The van der Waals surface area contributed by atoms with Crippen LogP contribution in [0.4, 0.5) is 0 Å². The predicted molar refractivity (Wildman–Crippen MR) is 18.6 cm³/mol. The van der Waals surface area contributed by atoms with E-state index < -0.39 is 18.3 Å². The molecule has 10 heavy (non-hydrogen) atoms. The average Bonchev–Trinajstić information content (AvgIpc) is 1.25. The van der Waals surface area contributed by atoms with Gasteiger partial charge in [-0.2, -0.15) is 0 Å². The molecule has 0 saturated heterocycles. The Bertz CT molecular complexity index is 73.7. The quantitative estimate of drug-likeness (QED) is 0.389. The molecule has 0 rings (SSSR count). The smallest absolute Gasteiger partial charge is 0.672 e. The minimum atomic E-state index is -3.63. The van der Waals surface area contributed by atoms with Crippen molar-refractivity contribution in [3.63, 3.8) is 0 Å². The summed E-state index contributed by atoms with van der Waals surface area (Å²) in [5.41, 5.74) is 0. The third-order valence-corrected chi connectivity index (χ3v) is 0. The van der Waals surface area contributed by atoms with Gasteiger partial charge in [0.1, 0.15) is 0 Å². The van der Waals surface area contributed by atoms with Crippen molar-refractivity contribution in [2.24, 2.45) is 0 Å². The summed E-state index contributed by atoms with van der Waals surface area (Å²) < 4.78 is 17.0. The van der Waals surface area contributed by atoms with Crippen molar-refractivity contribution in [3.8, 4) is 0 Å². The molecular formula is MgO6Si2Zn. The molecule has 6 nitrogen and oxygen atoms in total. The van der Waals surface area contributed by atoms with Gasteiger partial charge in [0.15, 0.2) is 0 Å². The van der Waals surface area contributed by atoms with Crippen LogP contribution in [0.2, 0.25) is 0 Å². The minimum Gasteiger partial charge on any atom is -0.672 e. The molecule has 10 heteroatoms. The molecule has 0 amide bonds. The molecule has 0 aromatic rings. The van der Waals surface area contributed by atoms with Crippen molar-refractivity contribution >= 4 is 41.4 Å². The van der Waals surface area contributed by atoms with E-state index in [1.807, 2.05) is 0 Å². The van der Waals surface area contributed by atoms with E-state index in [4.69, 9.17) is 28.1 Å². The molecule has 0 aromatic heterocycles. The van der Waals surface area contributed by atoms with Gasteiger partial charge in [-0.1, -0.05) is 0 Å². The maximum absolute atomic E-state index is 8.52. The van der Waals surface area contributed by atoms with E-state index in [1.165, 1.54) is 0 Å². The van der Waals surface area contributed by atoms with Gasteiger partial charge in [0.2, 0.25) is 0 Å². The molecule has 0 aliphatic rings. The first kappa shape index (κ1) is 22.4. The van der Waals surface area contributed by atoms with Crippen LogP contribution in [-0.2, 0) is 28.4 Å². The maximum atomic E-state index is 8.52. The first-order valence-electron chi connectivity index (χ1n) is 1.22. The summed E-state index contributed by atoms with van der Waals surface area (Å²) in [7, 11) is -7.26. The van der Waals surface area contributed by atoms with E-state index >= 15 is 0 Å². The van der Waals surface area contributed by atoms with Crippen LogP contribution in [-0.4, -0.2) is 41.4 Å². The third kappa shape index (κ3) is 1290. The predicted octanol–water partition coefficient (Wildman–Crippen LogP) is -6.14. The topological polar surface area (TPSA) is 126 Å². The van der Waals surface area contributed by atoms with E-state index in [1.54, 1.807) is 0 Å². The summed E-state index contributed by atoms with van der Waals surface area (Å²) in [4.78, 5) is 34.1. The van der Waals surface area contributed by atoms with Gasteiger partial charge in [0.05, 0.1) is 0 Å². The molecule has 0 heterocycles. The van der Waals surface area contributed by atoms with Crippen LogP contribution in [0.3, 0.4) is 0 Å². The Kier molecular flexibility index (Phi) is 36.6. The molecule has 0 bridgehead atoms. The molecule has 0 spiro atoms. The molecule has 0 N–H and O–H groups in total. The van der Waals surface area contributed by atoms with Gasteiger partial charge in [0, 0.05) is 18.3 Å². The van der Waals surface area contributed by atoms with Crippen LogP contribution in [0.5, 0.6) is 0 Å². The van der Waals surface area contributed by atoms with Crippen molar-refractivity contribution < 1.29 is 47.6 Å². The standard InChI is InChI=1S/Mg.2O3Si.Zn/c;2*1-4(2)3;/q+2;2*-2;+2. The van der Waals surface area contributed by atoms with Crippen LogP contribution in [0.25, 0.3) is 0 Å². The van der Waals surface area contributed by atoms with Crippen molar-refractivity contribution in [3.05, 3.63) is 0 Å². The second-order valence-corrected chi connectivity index (χ2v) is 1.50. The zero-order valence-corrected chi connectivity index (χ0v) is 11.2. The van der Waals surface area contributed by atoms with Crippen LogP contribution in [0.1, 0.15) is 0 Å². The molecular weight excluding hydrogens is 242 g/mol. The van der Waals surface area contributed by atoms with Crippen molar-refractivity contribution in [2.45, 2.75) is 0 Å². The monoisotopic (exact) mass is 240 g/mol. The van der Waals surface area contributed by atoms with Gasteiger partial charge in [-0.3, -0.25) is 0 Å². The Labute approximate surface area is 88.6 Å². The minimum absolute atomic E-state index is 0. The Hall–Kier alpha value is 0.623. The normalized spacial score (nSPS) is 4.80. The van der Waals surface area contributed by atoms with Crippen LogP contribution in [0, 0.1) is 0 Å². The number of hydrogen-bond donors (Lipinski definition) is 0. The SMILES string of the molecule is O=[Si]([O-])[O-].O=[Si]([O-])[O-].[Mg+2].[Zn+2]. The van der Waals surface area contributed by atoms with Crippen LogP contribution < -0.4 is 19.2 Å². The largest absolute Gasteiger partial charge is 2.00 e. The fourth-order valence-corrected chi connectivity index (χ4v) is 0. The third-order valence-electron chi connectivity index (χ3n) is 0. The van der Waals surface area contributed by atoms with Crippen molar-refractivity contribution in [1.82, 2.24) is 0 Å². The summed E-state index contributed by atoms with van der Waals surface area (Å²) >= 11 is 0. The zero-order valence-electron chi connectivity index (χ0n) is 4.86. The number of hydrogen-bond acceptors (Lipinski definition) is 6. The molecule has 0 fully saturated rings. The Morgan fingerprint density at radius 3 is 0.800 bits per heavy atom. The molecule has 0 saturated carbocycles. The zero-order chi connectivity index (χ0) is 7.15. The molecule has 0 unspecified atom stereocenters. The number of rotatable bonds is 0. The Balaban J connectivity index is -0.0000000300. The van der Waals surface area contributed by atoms with Crippen LogP contribution in [0.15, 0.2) is 0 Å². The summed E-state index contributed by atoms with van der Waals surface area (Å²) in [6.07, 6.45) is 0. The van der Waals surface area contributed by atoms with Gasteiger partial charge >= 0.3 is 42.5 Å². The molecule has 0 radical (unpaired) electrons. The van der Waals surface area contributed by atoms with Gasteiger partial charge in [-0.25, -0.2) is 0 Å². The summed E-state index contributed by atoms with van der Waals surface area (Å²) in [5.74, 6) is 0. The van der Waals surface area contributed by atoms with E-state index in [0.29, 0.717) is 0 Å². The van der Waals surface area contributed by atoms with Gasteiger partial charge in [-0.05, 0) is 0 Å². The molecule has 0 atom stereocenters. The van der Waals surface area contributed by atoms with Crippen molar-refractivity contribution in [1.29, 1.82) is 0 Å². The van der Waals surface area contributed by atoms with Gasteiger partial charge in [-0.15, -0.1) is 0 Å². The fraction of sp³-hybridized carbons (Fsp3) is 0. The van der Waals surface area contributed by atoms with Gasteiger partial charge in [0.25, 0.3) is 0 Å². The van der Waals surface area contributed by atoms with Gasteiger partial charge < -0.3 is 28.1 Å². The average molecular weight is 242 g/mol. The molecule has 0 aliphatic heterocycles.